The first-order chi connectivity index (χ1) is 54.8. The molecule has 12 heteroatoms. The van der Waals surface area contributed by atoms with Crippen LogP contribution in [0.5, 0.6) is 0 Å². The van der Waals surface area contributed by atoms with E-state index >= 15 is 0 Å². The molecule has 0 fully saturated rings. The quantitative estimate of drug-likeness (QED) is 0.125. The molecule has 574 valence electrons. The van der Waals surface area contributed by atoms with Gasteiger partial charge in [-0.1, -0.05) is 171 Å². The van der Waals surface area contributed by atoms with Gasteiger partial charge in [0.1, 0.15) is 0 Å². The summed E-state index contributed by atoms with van der Waals surface area (Å²) in [7, 11) is 0. The maximum Gasteiger partial charge on any atom is 0.0163 e. The van der Waals surface area contributed by atoms with E-state index in [4.69, 9.17) is 0 Å². The Kier molecular flexibility index (Phi) is 40.5. The zero-order valence-electron chi connectivity index (χ0n) is 63.2. The smallest absolute Gasteiger partial charge is 0.0163 e. The molecule has 0 bridgehead atoms. The first kappa shape index (κ1) is 90.2. The van der Waals surface area contributed by atoms with Gasteiger partial charge in [-0.2, -0.15) is 0 Å². The first-order valence-corrected chi connectivity index (χ1v) is 36.2. The molecule has 0 saturated heterocycles. The van der Waals surface area contributed by atoms with Gasteiger partial charge in [-0.05, 0) is 112 Å². The van der Waals surface area contributed by atoms with Crippen molar-refractivity contribution in [3.05, 3.63) is 485 Å². The molecule has 18 rings (SSSR count). The number of benzene rings is 10. The van der Waals surface area contributed by atoms with E-state index in [1.807, 2.05) is 310 Å². The van der Waals surface area contributed by atoms with Crippen LogP contribution in [-0.2, 0) is 80.4 Å². The summed E-state index contributed by atoms with van der Waals surface area (Å²) in [6, 6.07) is 147. The molecular weight excluding hydrogens is 2120 g/mol. The van der Waals surface area contributed by atoms with Crippen LogP contribution in [0.15, 0.2) is 420 Å². The van der Waals surface area contributed by atoms with E-state index in [-0.39, 0.29) is 80.4 Å². The van der Waals surface area contributed by atoms with Gasteiger partial charge in [-0.25, -0.2) is 0 Å². The van der Waals surface area contributed by atoms with Crippen molar-refractivity contribution in [2.45, 2.75) is 20.8 Å². The number of hydrogen-bond acceptors (Lipinski definition) is 8. The normalized spacial score (nSPS) is 9.59. The van der Waals surface area contributed by atoms with Crippen molar-refractivity contribution >= 4 is 0 Å². The van der Waals surface area contributed by atoms with Gasteiger partial charge < -0.3 is 39.9 Å². The van der Waals surface area contributed by atoms with E-state index in [0.717, 1.165) is 90.1 Å². The number of nitrogens with zero attached hydrogens (tertiary/aromatic N) is 8. The molecule has 0 aliphatic carbocycles. The molecule has 8 aromatic heterocycles. The molecule has 0 N–H and O–H groups in total. The molecule has 4 radical (unpaired) electrons. The summed E-state index contributed by atoms with van der Waals surface area (Å²) >= 11 is 0. The van der Waals surface area contributed by atoms with Crippen LogP contribution in [-0.4, -0.2) is 39.9 Å². The molecule has 18 aromatic rings. The zero-order valence-corrected chi connectivity index (χ0v) is 72.8. The molecule has 0 saturated carbocycles. The van der Waals surface area contributed by atoms with E-state index in [0.29, 0.717) is 0 Å². The second-order valence-corrected chi connectivity index (χ2v) is 24.6. The number of hydrogen-bond donors (Lipinski definition) is 0. The van der Waals surface area contributed by atoms with Crippen LogP contribution < -0.4 is 0 Å². The second kappa shape index (κ2) is 51.6. The average Bonchev–Trinajstić information content (AvgIpc) is 0.835. The number of aromatic nitrogens is 8. The van der Waals surface area contributed by atoms with Gasteiger partial charge in [0.2, 0.25) is 0 Å². The van der Waals surface area contributed by atoms with Crippen molar-refractivity contribution in [1.29, 1.82) is 0 Å². The maximum absolute atomic E-state index is 4.35. The molecule has 0 atom stereocenters. The molecule has 0 unspecified atom stereocenters. The third-order valence-corrected chi connectivity index (χ3v) is 16.3. The number of pyridine rings is 8. The van der Waals surface area contributed by atoms with Gasteiger partial charge in [0.05, 0.1) is 0 Å². The molecule has 10 aromatic carbocycles. The summed E-state index contributed by atoms with van der Waals surface area (Å²) in [5.74, 6) is 0. The second-order valence-electron chi connectivity index (χ2n) is 24.6. The van der Waals surface area contributed by atoms with E-state index in [1.54, 1.807) is 43.4 Å². The summed E-state index contributed by atoms with van der Waals surface area (Å²) in [6.07, 6.45) is 14.4. The summed E-state index contributed by atoms with van der Waals surface area (Å²) in [6.45, 7) is 6.22. The summed E-state index contributed by atoms with van der Waals surface area (Å²) in [5.41, 5.74) is 24.6. The number of aryl methyl sites for hydroxylation is 3. The minimum absolute atomic E-state index is 0. The molecule has 8 nitrogen and oxygen atoms in total. The third kappa shape index (κ3) is 30.8. The molecule has 0 amide bonds. The predicted molar refractivity (Wildman–Crippen MR) is 453 cm³/mol. The topological polar surface area (TPSA) is 103 Å². The van der Waals surface area contributed by atoms with Crippen LogP contribution in [0.25, 0.3) is 112 Å². The third-order valence-electron chi connectivity index (χ3n) is 16.3. The Morgan fingerprint density at radius 2 is 0.383 bits per heavy atom. The van der Waals surface area contributed by atoms with Crippen LogP contribution in [0.3, 0.4) is 0 Å². The van der Waals surface area contributed by atoms with Gasteiger partial charge in [-0.15, -0.1) is 285 Å². The van der Waals surface area contributed by atoms with E-state index in [2.05, 4.69) is 176 Å². The van der Waals surface area contributed by atoms with Crippen molar-refractivity contribution in [2.24, 2.45) is 0 Å². The average molecular weight is 2200 g/mol. The van der Waals surface area contributed by atoms with E-state index < -0.39 is 0 Å². The van der Waals surface area contributed by atoms with Crippen LogP contribution in [0.2, 0.25) is 0 Å². The van der Waals surface area contributed by atoms with E-state index in [1.165, 1.54) is 38.9 Å². The number of rotatable bonds is 10. The van der Waals surface area contributed by atoms with Crippen molar-refractivity contribution in [3.63, 3.8) is 0 Å². The van der Waals surface area contributed by atoms with Crippen molar-refractivity contribution in [1.82, 2.24) is 39.9 Å². The summed E-state index contributed by atoms with van der Waals surface area (Å²) in [4.78, 5) is 34.2. The molecule has 0 aliphatic heterocycles. The standard InChI is InChI=1S/2C17H12N.C13H12N.C12H10N.4C11H8N.4Ir/c2*1-2-7-14(8-3-1)15-9-6-10-16(13-15)17-11-4-5-12-18-17;1-10-4-3-5-12(8-10)13-9-11(2)6-7-14-13;1-10-5-4-6-11(9-10)12-7-2-3-8-13-12;4*1-2-6-10(7-3-1)11-8-4-5-9-12-11;;;;/h2*1-9,11-13H;3-4,6-9H,1-2H3;2-5,7-9H,1H3;4*1-6,8-9H;;;;/q8*-1;;;;. The van der Waals surface area contributed by atoms with Crippen LogP contribution in [0.1, 0.15) is 16.7 Å². The van der Waals surface area contributed by atoms with E-state index in [9.17, 15) is 0 Å². The van der Waals surface area contributed by atoms with Crippen LogP contribution in [0, 0.1) is 69.3 Å². The maximum atomic E-state index is 4.35. The minimum Gasteiger partial charge on any atom is -0.305 e. The van der Waals surface area contributed by atoms with Crippen molar-refractivity contribution in [2.75, 3.05) is 0 Å². The van der Waals surface area contributed by atoms with Gasteiger partial charge in [0.15, 0.2) is 0 Å². The molecule has 0 aliphatic rings. The van der Waals surface area contributed by atoms with Gasteiger partial charge in [0.25, 0.3) is 0 Å². The minimum atomic E-state index is 0. The van der Waals surface area contributed by atoms with Crippen LogP contribution in [0.4, 0.5) is 0 Å². The predicted octanol–water partition coefficient (Wildman–Crippen LogP) is 24.6. The Bertz CT molecular complexity index is 4860. The molecule has 115 heavy (non-hydrogen) atoms. The zero-order chi connectivity index (χ0) is 76.4. The largest absolute Gasteiger partial charge is 0.305 e. The van der Waals surface area contributed by atoms with Gasteiger partial charge in [0, 0.05) is 130 Å². The summed E-state index contributed by atoms with van der Waals surface area (Å²) in [5, 5.41) is 0. The fourth-order valence-electron chi connectivity index (χ4n) is 10.9. The SMILES string of the molecule is Cc1cc[c-]c(-c2cc(C)ccn2)c1.Cc1cc[c-]c(-c2ccccn2)c1.[Ir].[Ir].[Ir].[Ir].[c-]1ccc(-c2ccccc2)cc1-c1ccccn1.[c-]1ccc(-c2ccccc2)cc1-c1ccccn1.[c-]1ccccc1-c1ccccn1.[c-]1ccccc1-c1ccccn1.[c-]1ccccc1-c1ccccn1.[c-]1ccccc1-c1ccccn1. The first-order valence-electron chi connectivity index (χ1n) is 36.2. The fraction of sp³-hybridized carbons (Fsp3) is 0.0291. The Morgan fingerprint density at radius 1 is 0.157 bits per heavy atom. The van der Waals surface area contributed by atoms with Gasteiger partial charge in [-0.3, -0.25) is 0 Å². The van der Waals surface area contributed by atoms with Crippen molar-refractivity contribution in [3.8, 4) is 112 Å². The molecule has 8 heterocycles. The Balaban J connectivity index is 0.000000182. The fourth-order valence-corrected chi connectivity index (χ4v) is 10.9. The van der Waals surface area contributed by atoms with Crippen LogP contribution >= 0.6 is 0 Å². The Labute approximate surface area is 731 Å². The van der Waals surface area contributed by atoms with Gasteiger partial charge >= 0.3 is 0 Å². The Hall–Kier alpha value is -12.0. The summed E-state index contributed by atoms with van der Waals surface area (Å²) < 4.78 is 0. The molecule has 0 spiro atoms. The van der Waals surface area contributed by atoms with Crippen molar-refractivity contribution < 1.29 is 80.4 Å². The Morgan fingerprint density at radius 3 is 0.635 bits per heavy atom. The monoisotopic (exact) mass is 2200 g/mol. The molecular formula is C103H78Ir4N8-8.